The quantitative estimate of drug-likeness (QED) is 0.664. The lowest BCUT2D eigenvalue weighted by molar-refractivity contribution is -0.120. The molecule has 0 saturated heterocycles. The lowest BCUT2D eigenvalue weighted by Gasteiger charge is -2.42. The minimum atomic E-state index is -0.492. The molecule has 1 heterocycles. The summed E-state index contributed by atoms with van der Waals surface area (Å²) in [6.07, 6.45) is 2.25. The zero-order chi connectivity index (χ0) is 21.0. The molecule has 0 bridgehead atoms. The Balaban J connectivity index is 1.78. The van der Waals surface area contributed by atoms with Gasteiger partial charge in [0.2, 0.25) is 0 Å². The minimum Gasteiger partial charge on any atom is -0.465 e. The summed E-state index contributed by atoms with van der Waals surface area (Å²) in [6, 6.07) is 9.09. The van der Waals surface area contributed by atoms with E-state index in [-0.39, 0.29) is 34.6 Å². The van der Waals surface area contributed by atoms with Gasteiger partial charge in [-0.3, -0.25) is 14.4 Å². The van der Waals surface area contributed by atoms with Crippen molar-refractivity contribution in [3.8, 4) is 0 Å². The van der Waals surface area contributed by atoms with Crippen LogP contribution in [0.15, 0.2) is 53.0 Å². The van der Waals surface area contributed by atoms with Crippen molar-refractivity contribution in [2.24, 2.45) is 16.7 Å². The van der Waals surface area contributed by atoms with Gasteiger partial charge in [0, 0.05) is 54.7 Å². The first-order valence-electron chi connectivity index (χ1n) is 10.3. The number of ether oxygens (including phenoxy) is 1. The van der Waals surface area contributed by atoms with Crippen molar-refractivity contribution in [3.63, 3.8) is 0 Å². The first kappa shape index (κ1) is 19.8. The van der Waals surface area contributed by atoms with Gasteiger partial charge in [0.15, 0.2) is 17.3 Å². The number of carbonyl (C=O) groups excluding carboxylic acids is 3. The third-order valence-electron chi connectivity index (χ3n) is 6.19. The maximum absolute atomic E-state index is 13.1. The van der Waals surface area contributed by atoms with E-state index >= 15 is 0 Å². The summed E-state index contributed by atoms with van der Waals surface area (Å²) in [4.78, 5) is 39.2. The van der Waals surface area contributed by atoms with Crippen LogP contribution in [-0.2, 0) is 14.3 Å². The van der Waals surface area contributed by atoms with Crippen LogP contribution < -0.4 is 0 Å². The molecule has 0 fully saturated rings. The molecule has 0 radical (unpaired) electrons. The van der Waals surface area contributed by atoms with Gasteiger partial charge in [0.25, 0.3) is 0 Å². The second kappa shape index (κ2) is 6.79. The standard InChI is InChI=1S/C25H28O4/c1-24(2)11-18(27)22-16(10-17(26)15-8-6-5-7-9-15)23-19(28)12-25(3,4)14-21(23)29-20(22)13-24/h5-9,16H,10-14H2,1-4H3. The summed E-state index contributed by atoms with van der Waals surface area (Å²) in [5, 5.41) is 0. The van der Waals surface area contributed by atoms with Crippen molar-refractivity contribution >= 4 is 17.3 Å². The second-order valence-electron chi connectivity index (χ2n) is 10.2. The lowest BCUT2D eigenvalue weighted by Crippen LogP contribution is -2.39. The van der Waals surface area contributed by atoms with E-state index in [2.05, 4.69) is 27.7 Å². The third-order valence-corrected chi connectivity index (χ3v) is 6.19. The summed E-state index contributed by atoms with van der Waals surface area (Å²) >= 11 is 0. The van der Waals surface area contributed by atoms with E-state index in [9.17, 15) is 14.4 Å². The molecule has 152 valence electrons. The second-order valence-corrected chi connectivity index (χ2v) is 10.2. The molecule has 29 heavy (non-hydrogen) atoms. The first-order valence-corrected chi connectivity index (χ1v) is 10.3. The molecule has 4 rings (SSSR count). The number of rotatable bonds is 3. The van der Waals surface area contributed by atoms with Crippen LogP contribution in [0.5, 0.6) is 0 Å². The van der Waals surface area contributed by atoms with Crippen LogP contribution in [0.2, 0.25) is 0 Å². The molecule has 2 aliphatic carbocycles. The largest absolute Gasteiger partial charge is 0.465 e. The molecule has 0 saturated carbocycles. The highest BCUT2D eigenvalue weighted by Gasteiger charge is 2.47. The number of hydrogen-bond donors (Lipinski definition) is 0. The number of benzene rings is 1. The fraction of sp³-hybridized carbons (Fsp3) is 0.480. The van der Waals surface area contributed by atoms with Gasteiger partial charge in [-0.25, -0.2) is 0 Å². The Morgan fingerprint density at radius 1 is 0.862 bits per heavy atom. The summed E-state index contributed by atoms with van der Waals surface area (Å²) < 4.78 is 6.23. The van der Waals surface area contributed by atoms with Crippen molar-refractivity contribution in [2.45, 2.75) is 59.8 Å². The van der Waals surface area contributed by atoms with E-state index in [1.165, 1.54) is 0 Å². The smallest absolute Gasteiger partial charge is 0.163 e. The van der Waals surface area contributed by atoms with E-state index in [1.807, 2.05) is 18.2 Å². The highest BCUT2D eigenvalue weighted by atomic mass is 16.5. The van der Waals surface area contributed by atoms with Gasteiger partial charge in [-0.15, -0.1) is 0 Å². The molecule has 4 heteroatoms. The number of hydrogen-bond acceptors (Lipinski definition) is 4. The fourth-order valence-electron chi connectivity index (χ4n) is 4.94. The van der Waals surface area contributed by atoms with Gasteiger partial charge in [-0.1, -0.05) is 58.0 Å². The maximum atomic E-state index is 13.1. The molecular formula is C25H28O4. The monoisotopic (exact) mass is 392 g/mol. The predicted molar refractivity (Wildman–Crippen MR) is 110 cm³/mol. The fourth-order valence-corrected chi connectivity index (χ4v) is 4.94. The van der Waals surface area contributed by atoms with Crippen molar-refractivity contribution in [2.75, 3.05) is 0 Å². The van der Waals surface area contributed by atoms with Crippen molar-refractivity contribution < 1.29 is 19.1 Å². The summed E-state index contributed by atoms with van der Waals surface area (Å²) in [5.41, 5.74) is 1.35. The molecule has 3 aliphatic rings. The Morgan fingerprint density at radius 3 is 1.83 bits per heavy atom. The van der Waals surface area contributed by atoms with Crippen molar-refractivity contribution in [1.29, 1.82) is 0 Å². The van der Waals surface area contributed by atoms with Crippen LogP contribution >= 0.6 is 0 Å². The number of Topliss-reactive ketones (excluding diaryl/α,β-unsaturated/α-hetero) is 3. The van der Waals surface area contributed by atoms with Crippen LogP contribution in [0, 0.1) is 16.7 Å². The first-order chi connectivity index (χ1) is 13.6. The van der Waals surface area contributed by atoms with Crippen molar-refractivity contribution in [1.82, 2.24) is 0 Å². The van der Waals surface area contributed by atoms with Crippen molar-refractivity contribution in [3.05, 3.63) is 58.6 Å². The molecule has 4 nitrogen and oxygen atoms in total. The topological polar surface area (TPSA) is 60.4 Å². The minimum absolute atomic E-state index is 0.00583. The molecule has 0 aromatic heterocycles. The van der Waals surface area contributed by atoms with Gasteiger partial charge in [-0.05, 0) is 10.8 Å². The highest BCUT2D eigenvalue weighted by Crippen LogP contribution is 2.51. The molecule has 0 unspecified atom stereocenters. The Kier molecular flexibility index (Phi) is 4.64. The third kappa shape index (κ3) is 3.73. The average Bonchev–Trinajstić information content (AvgIpc) is 2.59. The summed E-state index contributed by atoms with van der Waals surface area (Å²) in [6.45, 7) is 8.23. The molecule has 0 spiro atoms. The lowest BCUT2D eigenvalue weighted by atomic mass is 9.66. The number of ketones is 3. The molecule has 0 amide bonds. The highest BCUT2D eigenvalue weighted by molar-refractivity contribution is 6.07. The zero-order valence-corrected chi connectivity index (χ0v) is 17.6. The number of carbonyl (C=O) groups is 3. The van der Waals surface area contributed by atoms with Crippen LogP contribution in [0.25, 0.3) is 0 Å². The zero-order valence-electron chi connectivity index (χ0n) is 17.6. The van der Waals surface area contributed by atoms with E-state index in [1.54, 1.807) is 12.1 Å². The van der Waals surface area contributed by atoms with Crippen LogP contribution in [-0.4, -0.2) is 17.3 Å². The Hall–Kier alpha value is -2.49. The molecule has 0 atom stereocenters. The predicted octanol–water partition coefficient (Wildman–Crippen LogP) is 5.19. The normalized spacial score (nSPS) is 23.4. The van der Waals surface area contributed by atoms with Gasteiger partial charge < -0.3 is 4.74 Å². The Bertz CT molecular complexity index is 908. The van der Waals surface area contributed by atoms with E-state index in [0.717, 1.165) is 0 Å². The van der Waals surface area contributed by atoms with Crippen LogP contribution in [0.1, 0.15) is 70.2 Å². The molecular weight excluding hydrogens is 364 g/mol. The summed E-state index contributed by atoms with van der Waals surface area (Å²) in [7, 11) is 0. The van der Waals surface area contributed by atoms with Gasteiger partial charge in [0.1, 0.15) is 11.5 Å². The van der Waals surface area contributed by atoms with Gasteiger partial charge in [0.05, 0.1) is 0 Å². The van der Waals surface area contributed by atoms with E-state index in [0.29, 0.717) is 53.9 Å². The van der Waals surface area contributed by atoms with Crippen LogP contribution in [0.3, 0.4) is 0 Å². The SMILES string of the molecule is CC1(C)CC(=O)C2=C(C1)OC1=C(C(=O)CC(C)(C)C1)C2CC(=O)c1ccccc1. The molecule has 1 aromatic carbocycles. The Labute approximate surface area is 172 Å². The van der Waals surface area contributed by atoms with Gasteiger partial charge >= 0.3 is 0 Å². The molecule has 1 aliphatic heterocycles. The maximum Gasteiger partial charge on any atom is 0.163 e. The summed E-state index contributed by atoms with van der Waals surface area (Å²) in [5.74, 6) is 0.806. The number of allylic oxidation sites excluding steroid dienone is 4. The average molecular weight is 392 g/mol. The molecule has 0 N–H and O–H groups in total. The van der Waals surface area contributed by atoms with Crippen LogP contribution in [0.4, 0.5) is 0 Å². The molecule has 1 aromatic rings. The van der Waals surface area contributed by atoms with E-state index in [4.69, 9.17) is 4.74 Å². The van der Waals surface area contributed by atoms with Gasteiger partial charge in [-0.2, -0.15) is 0 Å². The Morgan fingerprint density at radius 2 is 1.34 bits per heavy atom. The van der Waals surface area contributed by atoms with E-state index < -0.39 is 5.92 Å².